The van der Waals surface area contributed by atoms with Crippen molar-refractivity contribution in [2.45, 2.75) is 5.92 Å². The minimum atomic E-state index is -1.41. The van der Waals surface area contributed by atoms with Gasteiger partial charge in [0, 0.05) is 4.47 Å². The van der Waals surface area contributed by atoms with Crippen LogP contribution < -0.4 is 0 Å². The molecule has 0 amide bonds. The predicted octanol–water partition coefficient (Wildman–Crippen LogP) is 2.15. The number of hydrogen-bond acceptors (Lipinski definition) is 5. The summed E-state index contributed by atoms with van der Waals surface area (Å²) in [6.07, 6.45) is 0. The standard InChI is InChI=1S/C12H9BrFNO4/c1-18-11(16)8(5-15)7-3-6(13)4-9(14)10(7)12(17)19-2/h3-4,8H,1-2H3. The van der Waals surface area contributed by atoms with E-state index in [1.807, 2.05) is 0 Å². The second-order valence-corrected chi connectivity index (χ2v) is 4.34. The maximum absolute atomic E-state index is 13.8. The molecular formula is C12H9BrFNO4. The van der Waals surface area contributed by atoms with Crippen molar-refractivity contribution >= 4 is 27.9 Å². The van der Waals surface area contributed by atoms with Gasteiger partial charge in [0.1, 0.15) is 11.4 Å². The van der Waals surface area contributed by atoms with Gasteiger partial charge in [-0.25, -0.2) is 9.18 Å². The molecule has 0 radical (unpaired) electrons. The van der Waals surface area contributed by atoms with Crippen LogP contribution in [0.15, 0.2) is 16.6 Å². The number of carbonyl (C=O) groups is 2. The molecule has 0 heterocycles. The van der Waals surface area contributed by atoms with Gasteiger partial charge >= 0.3 is 11.9 Å². The maximum atomic E-state index is 13.8. The summed E-state index contributed by atoms with van der Waals surface area (Å²) in [4.78, 5) is 23.1. The molecule has 0 fully saturated rings. The second kappa shape index (κ2) is 6.29. The van der Waals surface area contributed by atoms with E-state index in [0.717, 1.165) is 20.3 Å². The number of ether oxygens (including phenoxy) is 2. The summed E-state index contributed by atoms with van der Waals surface area (Å²) in [6.45, 7) is 0. The Hall–Kier alpha value is -1.94. The fourth-order valence-corrected chi connectivity index (χ4v) is 1.95. The highest BCUT2D eigenvalue weighted by molar-refractivity contribution is 9.10. The zero-order valence-electron chi connectivity index (χ0n) is 10.1. The fraction of sp³-hybridized carbons (Fsp3) is 0.250. The van der Waals surface area contributed by atoms with Crippen LogP contribution in [0.2, 0.25) is 0 Å². The van der Waals surface area contributed by atoms with Crippen LogP contribution in [0, 0.1) is 17.1 Å². The van der Waals surface area contributed by atoms with Gasteiger partial charge < -0.3 is 9.47 Å². The Bertz CT molecular complexity index is 568. The van der Waals surface area contributed by atoms with Gasteiger partial charge in [0.25, 0.3) is 0 Å². The molecule has 0 bridgehead atoms. The molecule has 0 saturated heterocycles. The molecule has 5 nitrogen and oxygen atoms in total. The molecule has 0 N–H and O–H groups in total. The van der Waals surface area contributed by atoms with Crippen molar-refractivity contribution in [2.75, 3.05) is 14.2 Å². The van der Waals surface area contributed by atoms with Gasteiger partial charge in [-0.3, -0.25) is 4.79 Å². The molecule has 1 aromatic carbocycles. The Balaban J connectivity index is 3.52. The monoisotopic (exact) mass is 329 g/mol. The molecule has 0 aliphatic carbocycles. The molecule has 0 aliphatic heterocycles. The molecule has 7 heteroatoms. The maximum Gasteiger partial charge on any atom is 0.341 e. The summed E-state index contributed by atoms with van der Waals surface area (Å²) in [6, 6.07) is 4.02. The number of benzene rings is 1. The molecule has 1 rings (SSSR count). The lowest BCUT2D eigenvalue weighted by Crippen LogP contribution is -2.18. The number of nitrogens with zero attached hydrogens (tertiary/aromatic N) is 1. The summed E-state index contributed by atoms with van der Waals surface area (Å²) in [5.41, 5.74) is -0.560. The van der Waals surface area contributed by atoms with Gasteiger partial charge in [0.2, 0.25) is 0 Å². The van der Waals surface area contributed by atoms with E-state index in [1.54, 1.807) is 6.07 Å². The second-order valence-electron chi connectivity index (χ2n) is 3.43. The van der Waals surface area contributed by atoms with Crippen LogP contribution in [-0.4, -0.2) is 26.2 Å². The molecular weight excluding hydrogens is 321 g/mol. The van der Waals surface area contributed by atoms with Gasteiger partial charge in [0.15, 0.2) is 5.92 Å². The topological polar surface area (TPSA) is 76.4 Å². The molecule has 100 valence electrons. The van der Waals surface area contributed by atoms with Crippen LogP contribution in [0.1, 0.15) is 21.8 Å². The van der Waals surface area contributed by atoms with E-state index in [2.05, 4.69) is 25.4 Å². The Morgan fingerprint density at radius 1 is 1.37 bits per heavy atom. The molecule has 0 aromatic heterocycles. The molecule has 0 aliphatic rings. The van der Waals surface area contributed by atoms with E-state index in [9.17, 15) is 14.0 Å². The van der Waals surface area contributed by atoms with Gasteiger partial charge in [-0.2, -0.15) is 5.26 Å². The summed E-state index contributed by atoms with van der Waals surface area (Å²) in [5, 5.41) is 9.00. The van der Waals surface area contributed by atoms with Crippen molar-refractivity contribution in [1.29, 1.82) is 5.26 Å². The van der Waals surface area contributed by atoms with Crippen molar-refractivity contribution in [3.63, 3.8) is 0 Å². The average molecular weight is 330 g/mol. The number of halogens is 2. The van der Waals surface area contributed by atoms with Crippen LogP contribution in [0.25, 0.3) is 0 Å². The lowest BCUT2D eigenvalue weighted by molar-refractivity contribution is -0.141. The molecule has 19 heavy (non-hydrogen) atoms. The first-order valence-electron chi connectivity index (χ1n) is 5.01. The van der Waals surface area contributed by atoms with Gasteiger partial charge in [0.05, 0.1) is 20.3 Å². The van der Waals surface area contributed by atoms with Crippen molar-refractivity contribution in [3.05, 3.63) is 33.5 Å². The number of carbonyl (C=O) groups excluding carboxylic acids is 2. The number of rotatable bonds is 3. The molecule has 1 atom stereocenters. The van der Waals surface area contributed by atoms with Crippen molar-refractivity contribution < 1.29 is 23.5 Å². The van der Waals surface area contributed by atoms with Crippen molar-refractivity contribution in [2.24, 2.45) is 0 Å². The Morgan fingerprint density at radius 2 is 2.00 bits per heavy atom. The minimum Gasteiger partial charge on any atom is -0.468 e. The average Bonchev–Trinajstić information content (AvgIpc) is 2.38. The zero-order chi connectivity index (χ0) is 14.6. The highest BCUT2D eigenvalue weighted by Crippen LogP contribution is 2.28. The molecule has 1 unspecified atom stereocenters. The third-order valence-corrected chi connectivity index (χ3v) is 2.81. The minimum absolute atomic E-state index is 0.104. The highest BCUT2D eigenvalue weighted by atomic mass is 79.9. The summed E-state index contributed by atoms with van der Waals surface area (Å²) in [5.74, 6) is -4.15. The quantitative estimate of drug-likeness (QED) is 0.794. The van der Waals surface area contributed by atoms with E-state index in [-0.39, 0.29) is 10.0 Å². The predicted molar refractivity (Wildman–Crippen MR) is 65.8 cm³/mol. The first-order chi connectivity index (χ1) is 8.96. The normalized spacial score (nSPS) is 11.3. The van der Waals surface area contributed by atoms with E-state index in [1.165, 1.54) is 6.07 Å². The van der Waals surface area contributed by atoms with Gasteiger partial charge in [-0.1, -0.05) is 15.9 Å². The lowest BCUT2D eigenvalue weighted by atomic mass is 9.95. The Kier molecular flexibility index (Phi) is 5.01. The molecule has 1 aromatic rings. The largest absolute Gasteiger partial charge is 0.468 e. The first kappa shape index (κ1) is 15.1. The summed E-state index contributed by atoms with van der Waals surface area (Å²) < 4.78 is 23.0. The smallest absolute Gasteiger partial charge is 0.341 e. The van der Waals surface area contributed by atoms with E-state index < -0.39 is 29.2 Å². The van der Waals surface area contributed by atoms with Crippen LogP contribution in [0.5, 0.6) is 0 Å². The van der Waals surface area contributed by atoms with Gasteiger partial charge in [-0.05, 0) is 17.7 Å². The third kappa shape index (κ3) is 3.09. The SMILES string of the molecule is COC(=O)c1c(F)cc(Br)cc1C(C#N)C(=O)OC. The van der Waals surface area contributed by atoms with Crippen LogP contribution in [0.3, 0.4) is 0 Å². The number of nitriles is 1. The van der Waals surface area contributed by atoms with Gasteiger partial charge in [-0.15, -0.1) is 0 Å². The number of esters is 2. The summed E-state index contributed by atoms with van der Waals surface area (Å²) >= 11 is 3.03. The number of methoxy groups -OCH3 is 2. The highest BCUT2D eigenvalue weighted by Gasteiger charge is 2.29. The zero-order valence-corrected chi connectivity index (χ0v) is 11.7. The third-order valence-electron chi connectivity index (χ3n) is 2.35. The van der Waals surface area contributed by atoms with E-state index in [4.69, 9.17) is 5.26 Å². The number of hydrogen-bond donors (Lipinski definition) is 0. The molecule has 0 spiro atoms. The van der Waals surface area contributed by atoms with Crippen LogP contribution >= 0.6 is 15.9 Å². The Labute approximate surface area is 117 Å². The Morgan fingerprint density at radius 3 is 2.47 bits per heavy atom. The van der Waals surface area contributed by atoms with Crippen LogP contribution in [0.4, 0.5) is 4.39 Å². The van der Waals surface area contributed by atoms with E-state index >= 15 is 0 Å². The fourth-order valence-electron chi connectivity index (χ4n) is 1.51. The van der Waals surface area contributed by atoms with Crippen molar-refractivity contribution in [3.8, 4) is 6.07 Å². The lowest BCUT2D eigenvalue weighted by Gasteiger charge is -2.13. The first-order valence-corrected chi connectivity index (χ1v) is 5.80. The van der Waals surface area contributed by atoms with E-state index in [0.29, 0.717) is 0 Å². The van der Waals surface area contributed by atoms with Crippen molar-refractivity contribution in [1.82, 2.24) is 0 Å². The summed E-state index contributed by atoms with van der Waals surface area (Å²) in [7, 11) is 2.17. The molecule has 0 saturated carbocycles. The van der Waals surface area contributed by atoms with Crippen LogP contribution in [-0.2, 0) is 14.3 Å².